The van der Waals surface area contributed by atoms with E-state index in [2.05, 4.69) is 31.2 Å². The highest BCUT2D eigenvalue weighted by Crippen LogP contribution is 2.17. The number of hydrogen-bond donors (Lipinski definition) is 0. The molecule has 0 amide bonds. The van der Waals surface area contributed by atoms with Crippen LogP contribution >= 0.6 is 0 Å². The van der Waals surface area contributed by atoms with Crippen molar-refractivity contribution in [1.82, 2.24) is 0 Å². The normalized spacial score (nSPS) is 12.6. The van der Waals surface area contributed by atoms with Gasteiger partial charge in [-0.15, -0.1) is 0 Å². The lowest BCUT2D eigenvalue weighted by atomic mass is 10.1. The lowest BCUT2D eigenvalue weighted by molar-refractivity contribution is -0.148. The Morgan fingerprint density at radius 1 is 0.857 bits per heavy atom. The molecule has 0 N–H and O–H groups in total. The number of ether oxygens (including phenoxy) is 1. The Bertz CT molecular complexity index is 545. The minimum absolute atomic E-state index is 0.0814. The van der Waals surface area contributed by atoms with Gasteiger partial charge < -0.3 is 4.74 Å². The van der Waals surface area contributed by atoms with Crippen LogP contribution < -0.4 is 0 Å². The third-order valence-electron chi connectivity index (χ3n) is 4.91. The first-order valence-electron chi connectivity index (χ1n) is 11.3. The maximum absolute atomic E-state index is 11.9. The van der Waals surface area contributed by atoms with Crippen LogP contribution in [0, 0.1) is 0 Å². The smallest absolute Gasteiger partial charge is 0.306 e. The third kappa shape index (κ3) is 13.4. The molecule has 28 heavy (non-hydrogen) atoms. The van der Waals surface area contributed by atoms with Crippen LogP contribution in [-0.2, 0) is 9.53 Å². The molecule has 1 rings (SSSR count). The van der Waals surface area contributed by atoms with Crippen LogP contribution in [0.3, 0.4) is 0 Å². The summed E-state index contributed by atoms with van der Waals surface area (Å²) in [7, 11) is 0. The van der Waals surface area contributed by atoms with Crippen LogP contribution in [0.1, 0.15) is 103 Å². The van der Waals surface area contributed by atoms with Crippen molar-refractivity contribution in [3.8, 4) is 0 Å². The standard InChI is InChI=1S/C26H40O2/c1-3-4-5-6-7-8-9-10-11-12-13-14-15-16-20-23-26(27)28-24(2)25-21-18-17-19-22-25/h7-8,10-11,17-19,21-22,24H,3-6,9,12-16,20,23H2,1-2H3/b8-7-,11-10-. The van der Waals surface area contributed by atoms with E-state index in [-0.39, 0.29) is 12.1 Å². The van der Waals surface area contributed by atoms with E-state index in [1.165, 1.54) is 51.4 Å². The lowest BCUT2D eigenvalue weighted by Gasteiger charge is -2.13. The van der Waals surface area contributed by atoms with Gasteiger partial charge in [0, 0.05) is 6.42 Å². The second-order valence-electron chi connectivity index (χ2n) is 7.52. The highest BCUT2D eigenvalue weighted by molar-refractivity contribution is 5.69. The quantitative estimate of drug-likeness (QED) is 0.163. The molecule has 0 aliphatic heterocycles. The second kappa shape index (κ2) is 17.3. The van der Waals surface area contributed by atoms with Crippen molar-refractivity contribution in [2.24, 2.45) is 0 Å². The molecule has 0 aliphatic carbocycles. The molecule has 1 aromatic carbocycles. The molecule has 1 unspecified atom stereocenters. The van der Waals surface area contributed by atoms with Crippen LogP contribution in [0.25, 0.3) is 0 Å². The predicted octanol–water partition coefficient (Wildman–Crippen LogP) is 8.10. The zero-order chi connectivity index (χ0) is 20.3. The number of hydrogen-bond acceptors (Lipinski definition) is 2. The van der Waals surface area contributed by atoms with Crippen LogP contribution in [0.2, 0.25) is 0 Å². The molecule has 1 atom stereocenters. The van der Waals surface area contributed by atoms with Crippen molar-refractivity contribution < 1.29 is 9.53 Å². The number of rotatable bonds is 16. The van der Waals surface area contributed by atoms with Crippen molar-refractivity contribution in [1.29, 1.82) is 0 Å². The zero-order valence-electron chi connectivity index (χ0n) is 18.1. The van der Waals surface area contributed by atoms with E-state index in [9.17, 15) is 4.79 Å². The molecule has 156 valence electrons. The molecule has 0 aliphatic rings. The Balaban J connectivity index is 1.92. The first-order valence-corrected chi connectivity index (χ1v) is 11.3. The van der Waals surface area contributed by atoms with Crippen molar-refractivity contribution in [2.75, 3.05) is 0 Å². The minimum Gasteiger partial charge on any atom is -0.458 e. The fourth-order valence-corrected chi connectivity index (χ4v) is 3.13. The third-order valence-corrected chi connectivity index (χ3v) is 4.91. The fourth-order valence-electron chi connectivity index (χ4n) is 3.13. The average Bonchev–Trinajstić information content (AvgIpc) is 2.71. The van der Waals surface area contributed by atoms with Crippen LogP contribution in [0.4, 0.5) is 0 Å². The molecule has 0 aromatic heterocycles. The number of carbonyl (C=O) groups is 1. The molecule has 0 radical (unpaired) electrons. The Morgan fingerprint density at radius 2 is 1.46 bits per heavy atom. The van der Waals surface area contributed by atoms with E-state index < -0.39 is 0 Å². The number of unbranched alkanes of at least 4 members (excludes halogenated alkanes) is 8. The van der Waals surface area contributed by atoms with Gasteiger partial charge in [0.2, 0.25) is 0 Å². The summed E-state index contributed by atoms with van der Waals surface area (Å²) in [6.07, 6.45) is 22.7. The maximum Gasteiger partial charge on any atom is 0.306 e. The van der Waals surface area contributed by atoms with Crippen molar-refractivity contribution >= 4 is 5.97 Å². The number of allylic oxidation sites excluding steroid dienone is 4. The van der Waals surface area contributed by atoms with Crippen molar-refractivity contribution in [3.05, 3.63) is 60.2 Å². The molecule has 0 spiro atoms. The van der Waals surface area contributed by atoms with Gasteiger partial charge in [-0.05, 0) is 51.0 Å². The summed E-state index contributed by atoms with van der Waals surface area (Å²) in [5.41, 5.74) is 1.05. The van der Waals surface area contributed by atoms with Gasteiger partial charge in [0.15, 0.2) is 0 Å². The Labute approximate surface area is 173 Å². The van der Waals surface area contributed by atoms with Gasteiger partial charge in [-0.25, -0.2) is 0 Å². The minimum atomic E-state index is -0.160. The number of esters is 1. The highest BCUT2D eigenvalue weighted by atomic mass is 16.5. The summed E-state index contributed by atoms with van der Waals surface area (Å²) in [6.45, 7) is 4.18. The molecule has 0 saturated heterocycles. The zero-order valence-corrected chi connectivity index (χ0v) is 18.1. The summed E-state index contributed by atoms with van der Waals surface area (Å²) < 4.78 is 5.50. The highest BCUT2D eigenvalue weighted by Gasteiger charge is 2.10. The lowest BCUT2D eigenvalue weighted by Crippen LogP contribution is -2.08. The molecule has 0 fully saturated rings. The van der Waals surface area contributed by atoms with E-state index in [1.807, 2.05) is 37.3 Å². The Morgan fingerprint density at radius 3 is 2.14 bits per heavy atom. The predicted molar refractivity (Wildman–Crippen MR) is 120 cm³/mol. The molecular weight excluding hydrogens is 344 g/mol. The van der Waals surface area contributed by atoms with E-state index in [0.717, 1.165) is 24.8 Å². The maximum atomic E-state index is 11.9. The van der Waals surface area contributed by atoms with Gasteiger partial charge in [-0.1, -0.05) is 93.7 Å². The van der Waals surface area contributed by atoms with Gasteiger partial charge >= 0.3 is 5.97 Å². The largest absolute Gasteiger partial charge is 0.458 e. The van der Waals surface area contributed by atoms with E-state index >= 15 is 0 Å². The summed E-state index contributed by atoms with van der Waals surface area (Å²) in [4.78, 5) is 11.9. The monoisotopic (exact) mass is 384 g/mol. The second-order valence-corrected chi connectivity index (χ2v) is 7.52. The molecule has 0 bridgehead atoms. The van der Waals surface area contributed by atoms with Gasteiger partial charge in [0.25, 0.3) is 0 Å². The van der Waals surface area contributed by atoms with E-state index in [4.69, 9.17) is 4.74 Å². The van der Waals surface area contributed by atoms with Crippen LogP contribution in [0.5, 0.6) is 0 Å². The molecule has 0 saturated carbocycles. The van der Waals surface area contributed by atoms with Gasteiger partial charge in [0.1, 0.15) is 6.10 Å². The Kier molecular flexibility index (Phi) is 14.9. The molecule has 2 heteroatoms. The molecule has 2 nitrogen and oxygen atoms in total. The fraction of sp³-hybridized carbons (Fsp3) is 0.577. The van der Waals surface area contributed by atoms with E-state index in [1.54, 1.807) is 0 Å². The molecule has 0 heterocycles. The van der Waals surface area contributed by atoms with Crippen LogP contribution in [-0.4, -0.2) is 5.97 Å². The molecule has 1 aromatic rings. The number of carbonyl (C=O) groups excluding carboxylic acids is 1. The number of benzene rings is 1. The summed E-state index contributed by atoms with van der Waals surface area (Å²) in [5.74, 6) is -0.0814. The Hall–Kier alpha value is -1.83. The first-order chi connectivity index (χ1) is 13.7. The average molecular weight is 385 g/mol. The summed E-state index contributed by atoms with van der Waals surface area (Å²) in [5, 5.41) is 0. The summed E-state index contributed by atoms with van der Waals surface area (Å²) in [6, 6.07) is 9.91. The van der Waals surface area contributed by atoms with Gasteiger partial charge in [0.05, 0.1) is 0 Å². The van der Waals surface area contributed by atoms with Gasteiger partial charge in [-0.2, -0.15) is 0 Å². The molecular formula is C26H40O2. The van der Waals surface area contributed by atoms with Crippen molar-refractivity contribution in [2.45, 2.75) is 97.0 Å². The first kappa shape index (κ1) is 24.2. The van der Waals surface area contributed by atoms with E-state index in [0.29, 0.717) is 6.42 Å². The van der Waals surface area contributed by atoms with Crippen molar-refractivity contribution in [3.63, 3.8) is 0 Å². The summed E-state index contributed by atoms with van der Waals surface area (Å²) >= 11 is 0. The topological polar surface area (TPSA) is 26.3 Å². The van der Waals surface area contributed by atoms with Crippen LogP contribution in [0.15, 0.2) is 54.6 Å². The SMILES string of the molecule is CCCCC/C=C\C/C=C\CCCCCCCC(=O)OC(C)c1ccccc1. The van der Waals surface area contributed by atoms with Gasteiger partial charge in [-0.3, -0.25) is 4.79 Å².